The molecule has 1 aromatic carbocycles. The van der Waals surface area contributed by atoms with Crippen LogP contribution in [-0.2, 0) is 12.8 Å². The molecule has 1 atom stereocenters. The standard InChI is InChI=1S/C16H25N/c1-3-4-5-7-13(2)17-16-11-10-14-8-6-9-15(14)12-16/h10-13,17H,3-9H2,1-2H3. The van der Waals surface area contributed by atoms with E-state index < -0.39 is 0 Å². The second-order valence-corrected chi connectivity index (χ2v) is 5.38. The van der Waals surface area contributed by atoms with Crippen LogP contribution >= 0.6 is 0 Å². The molecule has 2 rings (SSSR count). The minimum atomic E-state index is 0.598. The van der Waals surface area contributed by atoms with Crippen molar-refractivity contribution in [3.63, 3.8) is 0 Å². The predicted octanol–water partition coefficient (Wildman–Crippen LogP) is 4.56. The van der Waals surface area contributed by atoms with Gasteiger partial charge in [0, 0.05) is 11.7 Å². The molecule has 17 heavy (non-hydrogen) atoms. The van der Waals surface area contributed by atoms with E-state index in [4.69, 9.17) is 0 Å². The van der Waals surface area contributed by atoms with Gasteiger partial charge >= 0.3 is 0 Å². The minimum Gasteiger partial charge on any atom is -0.383 e. The molecule has 1 N–H and O–H groups in total. The van der Waals surface area contributed by atoms with Crippen LogP contribution < -0.4 is 5.32 Å². The zero-order valence-corrected chi connectivity index (χ0v) is 11.3. The average Bonchev–Trinajstić information content (AvgIpc) is 2.76. The molecule has 0 aliphatic heterocycles. The molecule has 94 valence electrons. The molecule has 0 bridgehead atoms. The number of benzene rings is 1. The first kappa shape index (κ1) is 12.5. The molecule has 1 aliphatic rings. The van der Waals surface area contributed by atoms with Gasteiger partial charge in [-0.15, -0.1) is 0 Å². The van der Waals surface area contributed by atoms with Gasteiger partial charge in [-0.05, 0) is 55.9 Å². The maximum Gasteiger partial charge on any atom is 0.0345 e. The lowest BCUT2D eigenvalue weighted by Crippen LogP contribution is -2.14. The normalized spacial score (nSPS) is 15.6. The number of hydrogen-bond acceptors (Lipinski definition) is 1. The highest BCUT2D eigenvalue weighted by molar-refractivity contribution is 5.50. The maximum atomic E-state index is 3.63. The van der Waals surface area contributed by atoms with Crippen molar-refractivity contribution in [3.8, 4) is 0 Å². The summed E-state index contributed by atoms with van der Waals surface area (Å²) in [6, 6.07) is 7.52. The van der Waals surface area contributed by atoms with Gasteiger partial charge in [0.2, 0.25) is 0 Å². The molecule has 0 saturated heterocycles. The molecule has 0 heterocycles. The van der Waals surface area contributed by atoms with Crippen molar-refractivity contribution in [1.82, 2.24) is 0 Å². The van der Waals surface area contributed by atoms with Crippen LogP contribution in [0.3, 0.4) is 0 Å². The van der Waals surface area contributed by atoms with Gasteiger partial charge in [0.15, 0.2) is 0 Å². The largest absolute Gasteiger partial charge is 0.383 e. The number of nitrogens with one attached hydrogen (secondary N) is 1. The Bertz CT molecular complexity index is 357. The van der Waals surface area contributed by atoms with Crippen molar-refractivity contribution < 1.29 is 0 Å². The number of aryl methyl sites for hydroxylation is 2. The lowest BCUT2D eigenvalue weighted by Gasteiger charge is -2.16. The van der Waals surface area contributed by atoms with E-state index in [-0.39, 0.29) is 0 Å². The molecule has 1 aromatic rings. The van der Waals surface area contributed by atoms with E-state index in [1.807, 2.05) is 0 Å². The predicted molar refractivity (Wildman–Crippen MR) is 75.7 cm³/mol. The van der Waals surface area contributed by atoms with Gasteiger partial charge in [-0.2, -0.15) is 0 Å². The minimum absolute atomic E-state index is 0.598. The van der Waals surface area contributed by atoms with Crippen molar-refractivity contribution in [1.29, 1.82) is 0 Å². The van der Waals surface area contributed by atoms with Crippen LogP contribution in [0, 0.1) is 0 Å². The highest BCUT2D eigenvalue weighted by Gasteiger charge is 2.11. The Kier molecular flexibility index (Phi) is 4.47. The van der Waals surface area contributed by atoms with Gasteiger partial charge in [0.05, 0.1) is 0 Å². The first-order chi connectivity index (χ1) is 8.29. The van der Waals surface area contributed by atoms with Crippen molar-refractivity contribution in [2.45, 2.75) is 64.8 Å². The molecule has 1 heteroatoms. The van der Waals surface area contributed by atoms with E-state index in [2.05, 4.69) is 37.4 Å². The van der Waals surface area contributed by atoms with Crippen molar-refractivity contribution >= 4 is 5.69 Å². The quantitative estimate of drug-likeness (QED) is 0.708. The summed E-state index contributed by atoms with van der Waals surface area (Å²) in [5, 5.41) is 3.63. The first-order valence-electron chi connectivity index (χ1n) is 7.18. The Morgan fingerprint density at radius 2 is 2.00 bits per heavy atom. The summed E-state index contributed by atoms with van der Waals surface area (Å²) >= 11 is 0. The van der Waals surface area contributed by atoms with E-state index in [1.54, 1.807) is 11.1 Å². The lowest BCUT2D eigenvalue weighted by atomic mass is 10.1. The molecule has 0 aromatic heterocycles. The average molecular weight is 231 g/mol. The molecule has 1 unspecified atom stereocenters. The van der Waals surface area contributed by atoms with E-state index in [0.717, 1.165) is 0 Å². The highest BCUT2D eigenvalue weighted by atomic mass is 14.9. The summed E-state index contributed by atoms with van der Waals surface area (Å²) in [4.78, 5) is 0. The molecular formula is C16H25N. The first-order valence-corrected chi connectivity index (χ1v) is 7.18. The van der Waals surface area contributed by atoms with Crippen LogP contribution in [0.5, 0.6) is 0 Å². The SMILES string of the molecule is CCCCCC(C)Nc1ccc2c(c1)CCC2. The zero-order chi connectivity index (χ0) is 12.1. The monoisotopic (exact) mass is 231 g/mol. The van der Waals surface area contributed by atoms with Gasteiger partial charge < -0.3 is 5.32 Å². The molecule has 1 nitrogen and oxygen atoms in total. The van der Waals surface area contributed by atoms with Crippen LogP contribution in [0.25, 0.3) is 0 Å². The van der Waals surface area contributed by atoms with E-state index in [0.29, 0.717) is 6.04 Å². The van der Waals surface area contributed by atoms with Gasteiger partial charge in [0.25, 0.3) is 0 Å². The molecule has 0 saturated carbocycles. The van der Waals surface area contributed by atoms with Crippen LogP contribution in [0.1, 0.15) is 57.1 Å². The van der Waals surface area contributed by atoms with Gasteiger partial charge in [-0.3, -0.25) is 0 Å². The fraction of sp³-hybridized carbons (Fsp3) is 0.625. The van der Waals surface area contributed by atoms with E-state index in [9.17, 15) is 0 Å². The van der Waals surface area contributed by atoms with Crippen molar-refractivity contribution in [2.75, 3.05) is 5.32 Å². The van der Waals surface area contributed by atoms with Crippen molar-refractivity contribution in [3.05, 3.63) is 29.3 Å². The summed E-state index contributed by atoms with van der Waals surface area (Å²) in [7, 11) is 0. The fourth-order valence-electron chi connectivity index (χ4n) is 2.72. The Morgan fingerprint density at radius 3 is 2.82 bits per heavy atom. The van der Waals surface area contributed by atoms with Gasteiger partial charge in [-0.25, -0.2) is 0 Å². The highest BCUT2D eigenvalue weighted by Crippen LogP contribution is 2.25. The molecule has 0 radical (unpaired) electrons. The number of hydrogen-bond donors (Lipinski definition) is 1. The van der Waals surface area contributed by atoms with E-state index >= 15 is 0 Å². The third-order valence-corrected chi connectivity index (χ3v) is 3.75. The van der Waals surface area contributed by atoms with Crippen molar-refractivity contribution in [2.24, 2.45) is 0 Å². The van der Waals surface area contributed by atoms with Crippen LogP contribution in [0.15, 0.2) is 18.2 Å². The van der Waals surface area contributed by atoms with Crippen LogP contribution in [0.2, 0.25) is 0 Å². The summed E-state index contributed by atoms with van der Waals surface area (Å²) in [6.45, 7) is 4.56. The Hall–Kier alpha value is -0.980. The van der Waals surface area contributed by atoms with Crippen LogP contribution in [0.4, 0.5) is 5.69 Å². The number of anilines is 1. The maximum absolute atomic E-state index is 3.63. The number of unbranched alkanes of at least 4 members (excludes halogenated alkanes) is 2. The topological polar surface area (TPSA) is 12.0 Å². The number of fused-ring (bicyclic) bond motifs is 1. The Balaban J connectivity index is 1.86. The summed E-state index contributed by atoms with van der Waals surface area (Å²) < 4.78 is 0. The fourth-order valence-corrected chi connectivity index (χ4v) is 2.72. The molecule has 0 amide bonds. The molecule has 0 fully saturated rings. The second kappa shape index (κ2) is 6.09. The van der Waals surface area contributed by atoms with Gasteiger partial charge in [-0.1, -0.05) is 32.3 Å². The molecular weight excluding hydrogens is 206 g/mol. The van der Waals surface area contributed by atoms with Gasteiger partial charge in [0.1, 0.15) is 0 Å². The molecule has 1 aliphatic carbocycles. The number of rotatable bonds is 6. The third-order valence-electron chi connectivity index (χ3n) is 3.75. The summed E-state index contributed by atoms with van der Waals surface area (Å²) in [5.41, 5.74) is 4.44. The molecule has 0 spiro atoms. The van der Waals surface area contributed by atoms with Crippen LogP contribution in [-0.4, -0.2) is 6.04 Å². The summed E-state index contributed by atoms with van der Waals surface area (Å²) in [6.07, 6.45) is 9.18. The smallest absolute Gasteiger partial charge is 0.0345 e. The summed E-state index contributed by atoms with van der Waals surface area (Å²) in [5.74, 6) is 0. The Morgan fingerprint density at radius 1 is 1.18 bits per heavy atom. The van der Waals surface area contributed by atoms with E-state index in [1.165, 1.54) is 50.6 Å². The second-order valence-electron chi connectivity index (χ2n) is 5.38. The lowest BCUT2D eigenvalue weighted by molar-refractivity contribution is 0.615. The Labute approximate surface area is 106 Å². The third kappa shape index (κ3) is 3.49. The zero-order valence-electron chi connectivity index (χ0n) is 11.3.